The standard InChI is InChI=1S/C17H32N6O/c1-3-16(24)23-6-5-14(12-23)20-17(18-4-2)19-11-15-13-21-7-9-22(15)10-8-21/h14-15H,3-13H2,1-2H3,(H2,18,19,20). The lowest BCUT2D eigenvalue weighted by Crippen LogP contribution is -2.62. The van der Waals surface area contributed by atoms with Gasteiger partial charge in [0.2, 0.25) is 5.91 Å². The number of hydrogen-bond donors (Lipinski definition) is 2. The number of carbonyl (C=O) groups excluding carboxylic acids is 1. The summed E-state index contributed by atoms with van der Waals surface area (Å²) in [5, 5.41) is 6.88. The zero-order valence-electron chi connectivity index (χ0n) is 15.1. The van der Waals surface area contributed by atoms with E-state index in [0.717, 1.165) is 45.1 Å². The smallest absolute Gasteiger partial charge is 0.222 e. The molecule has 4 rings (SSSR count). The Morgan fingerprint density at radius 2 is 1.92 bits per heavy atom. The van der Waals surface area contributed by atoms with Gasteiger partial charge in [0.15, 0.2) is 5.96 Å². The third kappa shape index (κ3) is 4.19. The van der Waals surface area contributed by atoms with E-state index in [0.29, 0.717) is 18.5 Å². The first-order valence-corrected chi connectivity index (χ1v) is 9.48. The predicted molar refractivity (Wildman–Crippen MR) is 96.2 cm³/mol. The van der Waals surface area contributed by atoms with E-state index in [-0.39, 0.29) is 5.91 Å². The van der Waals surface area contributed by atoms with Gasteiger partial charge in [-0.25, -0.2) is 0 Å². The summed E-state index contributed by atoms with van der Waals surface area (Å²) in [5.41, 5.74) is 0. The highest BCUT2D eigenvalue weighted by Crippen LogP contribution is 2.16. The average molecular weight is 336 g/mol. The number of rotatable bonds is 5. The van der Waals surface area contributed by atoms with Crippen LogP contribution < -0.4 is 10.6 Å². The molecule has 2 unspecified atom stereocenters. The lowest BCUT2D eigenvalue weighted by atomic mass is 10.1. The van der Waals surface area contributed by atoms with E-state index < -0.39 is 0 Å². The molecule has 0 aromatic rings. The molecule has 0 aliphatic carbocycles. The van der Waals surface area contributed by atoms with Crippen molar-refractivity contribution in [3.8, 4) is 0 Å². The molecule has 2 bridgehead atoms. The van der Waals surface area contributed by atoms with E-state index in [1.807, 2.05) is 11.8 Å². The Morgan fingerprint density at radius 3 is 2.54 bits per heavy atom. The molecule has 0 aromatic heterocycles. The van der Waals surface area contributed by atoms with Gasteiger partial charge in [-0.1, -0.05) is 6.92 Å². The van der Waals surface area contributed by atoms with E-state index in [1.165, 1.54) is 26.2 Å². The van der Waals surface area contributed by atoms with Crippen LogP contribution in [0.2, 0.25) is 0 Å². The van der Waals surface area contributed by atoms with Gasteiger partial charge in [-0.3, -0.25) is 19.6 Å². The number of piperazine rings is 3. The van der Waals surface area contributed by atoms with Gasteiger partial charge in [-0.2, -0.15) is 0 Å². The molecule has 1 amide bonds. The maximum atomic E-state index is 11.8. The highest BCUT2D eigenvalue weighted by atomic mass is 16.2. The minimum Gasteiger partial charge on any atom is -0.357 e. The molecule has 7 heteroatoms. The molecular formula is C17H32N6O. The molecule has 136 valence electrons. The van der Waals surface area contributed by atoms with Crippen molar-refractivity contribution in [3.05, 3.63) is 0 Å². The molecule has 4 aliphatic rings. The summed E-state index contributed by atoms with van der Waals surface area (Å²) >= 11 is 0. The number of carbonyl (C=O) groups is 1. The Hall–Kier alpha value is -1.34. The molecule has 0 spiro atoms. The number of hydrogen-bond acceptors (Lipinski definition) is 4. The van der Waals surface area contributed by atoms with E-state index in [2.05, 4.69) is 27.4 Å². The van der Waals surface area contributed by atoms with Gasteiger partial charge in [-0.15, -0.1) is 0 Å². The predicted octanol–water partition coefficient (Wildman–Crippen LogP) is -0.448. The number of guanidine groups is 1. The van der Waals surface area contributed by atoms with Crippen molar-refractivity contribution in [2.45, 2.75) is 38.8 Å². The molecule has 0 saturated carbocycles. The van der Waals surface area contributed by atoms with Crippen LogP contribution in [-0.4, -0.2) is 97.6 Å². The molecule has 4 aliphatic heterocycles. The largest absolute Gasteiger partial charge is 0.357 e. The van der Waals surface area contributed by atoms with E-state index in [9.17, 15) is 4.79 Å². The first kappa shape index (κ1) is 17.5. The highest BCUT2D eigenvalue weighted by molar-refractivity contribution is 5.80. The van der Waals surface area contributed by atoms with Gasteiger partial charge in [0, 0.05) is 70.9 Å². The second-order valence-electron chi connectivity index (χ2n) is 7.03. The van der Waals surface area contributed by atoms with Gasteiger partial charge in [0.25, 0.3) is 0 Å². The van der Waals surface area contributed by atoms with Gasteiger partial charge in [0.05, 0.1) is 6.54 Å². The normalized spacial score (nSPS) is 32.9. The van der Waals surface area contributed by atoms with Crippen molar-refractivity contribution in [1.29, 1.82) is 0 Å². The molecule has 2 atom stereocenters. The highest BCUT2D eigenvalue weighted by Gasteiger charge is 2.31. The van der Waals surface area contributed by atoms with Crippen LogP contribution in [-0.2, 0) is 4.79 Å². The van der Waals surface area contributed by atoms with Crippen LogP contribution in [0.4, 0.5) is 0 Å². The van der Waals surface area contributed by atoms with Crippen LogP contribution in [0.25, 0.3) is 0 Å². The van der Waals surface area contributed by atoms with Gasteiger partial charge >= 0.3 is 0 Å². The molecule has 24 heavy (non-hydrogen) atoms. The minimum atomic E-state index is 0.251. The number of aliphatic imine (C=N–C) groups is 1. The van der Waals surface area contributed by atoms with Gasteiger partial charge in [0.1, 0.15) is 0 Å². The van der Waals surface area contributed by atoms with E-state index >= 15 is 0 Å². The second kappa shape index (κ2) is 8.16. The fraction of sp³-hybridized carbons (Fsp3) is 0.882. The second-order valence-corrected chi connectivity index (χ2v) is 7.03. The summed E-state index contributed by atoms with van der Waals surface area (Å²) in [7, 11) is 0. The number of likely N-dealkylation sites (tertiary alicyclic amines) is 1. The summed E-state index contributed by atoms with van der Waals surface area (Å²) in [6.07, 6.45) is 1.59. The molecule has 0 aromatic carbocycles. The molecule has 4 heterocycles. The topological polar surface area (TPSA) is 63.2 Å². The van der Waals surface area contributed by atoms with Crippen molar-refractivity contribution in [3.63, 3.8) is 0 Å². The van der Waals surface area contributed by atoms with E-state index in [1.54, 1.807) is 0 Å². The van der Waals surface area contributed by atoms with Crippen LogP contribution in [0.1, 0.15) is 26.7 Å². The number of nitrogens with zero attached hydrogens (tertiary/aromatic N) is 4. The summed E-state index contributed by atoms with van der Waals surface area (Å²) in [6.45, 7) is 13.3. The molecule has 4 saturated heterocycles. The number of nitrogens with one attached hydrogen (secondary N) is 2. The SMILES string of the molecule is CCNC(=NCC1CN2CCN1CC2)NC1CCN(C(=O)CC)C1. The first-order valence-electron chi connectivity index (χ1n) is 9.48. The molecule has 2 N–H and O–H groups in total. The maximum absolute atomic E-state index is 11.8. The van der Waals surface area contributed by atoms with Crippen molar-refractivity contribution >= 4 is 11.9 Å². The van der Waals surface area contributed by atoms with Crippen LogP contribution in [0.5, 0.6) is 0 Å². The third-order valence-corrected chi connectivity index (χ3v) is 5.38. The van der Waals surface area contributed by atoms with E-state index in [4.69, 9.17) is 4.99 Å². The summed E-state index contributed by atoms with van der Waals surface area (Å²) in [6, 6.07) is 0.856. The van der Waals surface area contributed by atoms with Gasteiger partial charge < -0.3 is 15.5 Å². The van der Waals surface area contributed by atoms with Crippen LogP contribution in [0, 0.1) is 0 Å². The summed E-state index contributed by atoms with van der Waals surface area (Å²) in [4.78, 5) is 23.7. The molecule has 7 nitrogen and oxygen atoms in total. The van der Waals surface area contributed by atoms with Crippen LogP contribution >= 0.6 is 0 Å². The number of fused-ring (bicyclic) bond motifs is 3. The lowest BCUT2D eigenvalue weighted by molar-refractivity contribution is -0.129. The Bertz CT molecular complexity index is 460. The maximum Gasteiger partial charge on any atom is 0.222 e. The monoisotopic (exact) mass is 336 g/mol. The third-order valence-electron chi connectivity index (χ3n) is 5.38. The van der Waals surface area contributed by atoms with Crippen molar-refractivity contribution in [2.75, 3.05) is 58.9 Å². The Labute approximate surface area is 145 Å². The Balaban J connectivity index is 1.52. The fourth-order valence-corrected chi connectivity index (χ4v) is 3.94. The zero-order valence-corrected chi connectivity index (χ0v) is 15.1. The lowest BCUT2D eigenvalue weighted by Gasteiger charge is -2.47. The summed E-state index contributed by atoms with van der Waals surface area (Å²) in [5.74, 6) is 1.15. The molecule has 4 fully saturated rings. The molecular weight excluding hydrogens is 304 g/mol. The Morgan fingerprint density at radius 1 is 1.12 bits per heavy atom. The summed E-state index contributed by atoms with van der Waals surface area (Å²) < 4.78 is 0. The zero-order chi connectivity index (χ0) is 16.9. The van der Waals surface area contributed by atoms with Crippen molar-refractivity contribution in [1.82, 2.24) is 25.3 Å². The number of amides is 1. The van der Waals surface area contributed by atoms with Crippen molar-refractivity contribution < 1.29 is 4.79 Å². The Kier molecular flexibility index (Phi) is 5.94. The van der Waals surface area contributed by atoms with Crippen LogP contribution in [0.3, 0.4) is 0 Å². The average Bonchev–Trinajstić information content (AvgIpc) is 3.09. The quantitative estimate of drug-likeness (QED) is 0.526. The first-order chi connectivity index (χ1) is 11.7. The minimum absolute atomic E-state index is 0.251. The van der Waals surface area contributed by atoms with Crippen LogP contribution in [0.15, 0.2) is 4.99 Å². The molecule has 0 radical (unpaired) electrons. The van der Waals surface area contributed by atoms with Gasteiger partial charge in [-0.05, 0) is 13.3 Å². The van der Waals surface area contributed by atoms with Crippen molar-refractivity contribution in [2.24, 2.45) is 4.99 Å². The fourth-order valence-electron chi connectivity index (χ4n) is 3.94.